The summed E-state index contributed by atoms with van der Waals surface area (Å²) in [5.74, 6) is 3.18. The molecule has 0 aliphatic carbocycles. The summed E-state index contributed by atoms with van der Waals surface area (Å²) in [7, 11) is 3.24. The fraction of sp³-hybridized carbons (Fsp3) is 0.391. The Morgan fingerprint density at radius 2 is 1.78 bits per heavy atom. The van der Waals surface area contributed by atoms with E-state index in [1.165, 1.54) is 12.8 Å². The minimum absolute atomic E-state index is 0.0804. The van der Waals surface area contributed by atoms with Gasteiger partial charge in [-0.15, -0.1) is 10.2 Å². The average Bonchev–Trinajstić information content (AvgIpc) is 3.47. The number of hydrogen-bond donors (Lipinski definition) is 1. The van der Waals surface area contributed by atoms with Crippen molar-refractivity contribution < 1.29 is 14.3 Å². The van der Waals surface area contributed by atoms with Crippen molar-refractivity contribution in [3.05, 3.63) is 47.2 Å². The molecule has 0 radical (unpaired) electrons. The minimum atomic E-state index is -0.190. The van der Waals surface area contributed by atoms with Crippen molar-refractivity contribution in [1.29, 1.82) is 0 Å². The Morgan fingerprint density at radius 3 is 2.47 bits per heavy atom. The van der Waals surface area contributed by atoms with E-state index < -0.39 is 0 Å². The molecular weight excluding hydrogens is 408 g/mol. The van der Waals surface area contributed by atoms with Crippen LogP contribution in [0, 0.1) is 6.92 Å². The highest BCUT2D eigenvalue weighted by Gasteiger charge is 2.34. The maximum absolute atomic E-state index is 12.7. The zero-order chi connectivity index (χ0) is 22.2. The van der Waals surface area contributed by atoms with Gasteiger partial charge in [-0.2, -0.15) is 9.78 Å². The molecule has 32 heavy (non-hydrogen) atoms. The van der Waals surface area contributed by atoms with Gasteiger partial charge in [-0.1, -0.05) is 6.07 Å². The summed E-state index contributed by atoms with van der Waals surface area (Å²) in [5.41, 5.74) is 2.70. The quantitative estimate of drug-likeness (QED) is 0.659. The maximum Gasteiger partial charge on any atom is 0.226 e. The molecule has 2 aliphatic rings. The lowest BCUT2D eigenvalue weighted by molar-refractivity contribution is -0.116. The van der Waals surface area contributed by atoms with E-state index in [0.29, 0.717) is 29.6 Å². The van der Waals surface area contributed by atoms with E-state index in [1.807, 2.05) is 37.3 Å². The summed E-state index contributed by atoms with van der Waals surface area (Å²) in [5, 5.41) is 16.5. The fourth-order valence-corrected chi connectivity index (χ4v) is 4.63. The highest BCUT2D eigenvalue weighted by molar-refractivity contribution is 5.95. The number of methoxy groups -OCH3 is 2. The molecular formula is C23H26N6O3. The summed E-state index contributed by atoms with van der Waals surface area (Å²) in [6.07, 6.45) is 2.66. The second-order valence-corrected chi connectivity index (χ2v) is 8.12. The molecule has 1 N–H and O–H groups in total. The number of nitrogens with one attached hydrogen (secondary N) is 1. The standard InChI is InChI=1S/C23H26N6O3/c1-14-22-17(16-7-6-15(31-2)12-18(16)32-3)13-21(30)24-23(22)29(27-14)20-9-8-19(25-26-20)28-10-4-5-11-28/h6-9,12,17H,4-5,10-11,13H2,1-3H3,(H,24,30)/t17-/m1/s1. The second-order valence-electron chi connectivity index (χ2n) is 8.12. The Bertz CT molecular complexity index is 1150. The summed E-state index contributed by atoms with van der Waals surface area (Å²) in [4.78, 5) is 14.9. The van der Waals surface area contributed by atoms with E-state index in [1.54, 1.807) is 18.9 Å². The number of anilines is 2. The highest BCUT2D eigenvalue weighted by atomic mass is 16.5. The normalized spacial score (nSPS) is 17.8. The summed E-state index contributed by atoms with van der Waals surface area (Å²) >= 11 is 0. The van der Waals surface area contributed by atoms with Gasteiger partial charge in [-0.25, -0.2) is 0 Å². The average molecular weight is 435 g/mol. The Hall–Kier alpha value is -3.62. The van der Waals surface area contributed by atoms with Crippen LogP contribution in [0.15, 0.2) is 30.3 Å². The molecule has 9 heteroatoms. The topological polar surface area (TPSA) is 94.4 Å². The van der Waals surface area contributed by atoms with Crippen LogP contribution in [-0.4, -0.2) is 53.2 Å². The van der Waals surface area contributed by atoms with Gasteiger partial charge >= 0.3 is 0 Å². The monoisotopic (exact) mass is 434 g/mol. The van der Waals surface area contributed by atoms with Crippen LogP contribution in [0.5, 0.6) is 11.5 Å². The lowest BCUT2D eigenvalue weighted by Gasteiger charge is -2.25. The lowest BCUT2D eigenvalue weighted by atomic mass is 9.85. The first-order chi connectivity index (χ1) is 15.6. The van der Waals surface area contributed by atoms with Crippen LogP contribution in [0.4, 0.5) is 11.6 Å². The molecule has 0 spiro atoms. The number of nitrogens with zero attached hydrogens (tertiary/aromatic N) is 5. The van der Waals surface area contributed by atoms with Crippen LogP contribution in [0.3, 0.4) is 0 Å². The molecule has 166 valence electrons. The largest absolute Gasteiger partial charge is 0.497 e. The Balaban J connectivity index is 1.55. The van der Waals surface area contributed by atoms with Crippen LogP contribution in [0.1, 0.15) is 42.0 Å². The van der Waals surface area contributed by atoms with Gasteiger partial charge < -0.3 is 19.7 Å². The molecule has 1 fully saturated rings. The summed E-state index contributed by atoms with van der Waals surface area (Å²) in [6.45, 7) is 3.96. The molecule has 9 nitrogen and oxygen atoms in total. The number of ether oxygens (including phenoxy) is 2. The van der Waals surface area contributed by atoms with Gasteiger partial charge in [-0.3, -0.25) is 4.79 Å². The second kappa shape index (κ2) is 8.14. The van der Waals surface area contributed by atoms with Crippen LogP contribution in [0.25, 0.3) is 5.82 Å². The number of fused-ring (bicyclic) bond motifs is 1. The van der Waals surface area contributed by atoms with Crippen LogP contribution in [-0.2, 0) is 4.79 Å². The third-order valence-corrected chi connectivity index (χ3v) is 6.20. The van der Waals surface area contributed by atoms with E-state index in [2.05, 4.69) is 20.4 Å². The van der Waals surface area contributed by atoms with Gasteiger partial charge in [0.05, 0.1) is 19.9 Å². The number of carbonyl (C=O) groups is 1. The fourth-order valence-electron chi connectivity index (χ4n) is 4.63. The number of hydrogen-bond acceptors (Lipinski definition) is 7. The van der Waals surface area contributed by atoms with Gasteiger partial charge in [0, 0.05) is 42.6 Å². The Labute approximate surface area is 186 Å². The molecule has 0 saturated carbocycles. The van der Waals surface area contributed by atoms with Crippen molar-refractivity contribution >= 4 is 17.5 Å². The van der Waals surface area contributed by atoms with Gasteiger partial charge in [0.2, 0.25) is 5.91 Å². The molecule has 4 heterocycles. The molecule has 1 amide bonds. The zero-order valence-corrected chi connectivity index (χ0v) is 18.5. The van der Waals surface area contributed by atoms with Crippen molar-refractivity contribution in [2.45, 2.75) is 32.1 Å². The van der Waals surface area contributed by atoms with Crippen molar-refractivity contribution in [2.24, 2.45) is 0 Å². The molecule has 3 aromatic rings. The Morgan fingerprint density at radius 1 is 1.03 bits per heavy atom. The predicted octanol–water partition coefficient (Wildman–Crippen LogP) is 3.06. The van der Waals surface area contributed by atoms with E-state index in [9.17, 15) is 4.79 Å². The van der Waals surface area contributed by atoms with Crippen molar-refractivity contribution in [3.63, 3.8) is 0 Å². The van der Waals surface area contributed by atoms with Crippen molar-refractivity contribution in [1.82, 2.24) is 20.0 Å². The third kappa shape index (κ3) is 3.43. The number of aromatic nitrogens is 4. The van der Waals surface area contributed by atoms with E-state index in [4.69, 9.17) is 14.6 Å². The zero-order valence-electron chi connectivity index (χ0n) is 18.5. The first-order valence-corrected chi connectivity index (χ1v) is 10.8. The molecule has 1 aromatic carbocycles. The van der Waals surface area contributed by atoms with Crippen LogP contribution < -0.4 is 19.7 Å². The molecule has 2 aromatic heterocycles. The SMILES string of the molecule is COc1ccc([C@H]2CC(=O)Nc3c2c(C)nn3-c2ccc(N3CCCC3)nn2)c(OC)c1. The molecule has 0 unspecified atom stereocenters. The number of amides is 1. The number of rotatable bonds is 5. The smallest absolute Gasteiger partial charge is 0.226 e. The van der Waals surface area contributed by atoms with Crippen molar-refractivity contribution in [3.8, 4) is 17.3 Å². The molecule has 0 bridgehead atoms. The van der Waals surface area contributed by atoms with Crippen LogP contribution >= 0.6 is 0 Å². The number of aryl methyl sites for hydroxylation is 1. The number of carbonyl (C=O) groups excluding carboxylic acids is 1. The highest BCUT2D eigenvalue weighted by Crippen LogP contribution is 2.43. The lowest BCUT2D eigenvalue weighted by Crippen LogP contribution is -2.25. The number of benzene rings is 1. The maximum atomic E-state index is 12.7. The summed E-state index contributed by atoms with van der Waals surface area (Å²) in [6, 6.07) is 9.53. The van der Waals surface area contributed by atoms with Crippen molar-refractivity contribution in [2.75, 3.05) is 37.5 Å². The van der Waals surface area contributed by atoms with E-state index >= 15 is 0 Å². The van der Waals surface area contributed by atoms with Gasteiger partial charge in [0.25, 0.3) is 0 Å². The first kappa shape index (κ1) is 20.3. The predicted molar refractivity (Wildman–Crippen MR) is 120 cm³/mol. The Kier molecular flexibility index (Phi) is 5.16. The molecule has 1 atom stereocenters. The van der Waals surface area contributed by atoms with Gasteiger partial charge in [0.15, 0.2) is 11.6 Å². The minimum Gasteiger partial charge on any atom is -0.497 e. The van der Waals surface area contributed by atoms with Gasteiger partial charge in [0.1, 0.15) is 17.3 Å². The first-order valence-electron chi connectivity index (χ1n) is 10.8. The third-order valence-electron chi connectivity index (χ3n) is 6.20. The van der Waals surface area contributed by atoms with E-state index in [0.717, 1.165) is 35.7 Å². The van der Waals surface area contributed by atoms with Gasteiger partial charge in [-0.05, 0) is 38.0 Å². The molecule has 2 aliphatic heterocycles. The molecule has 1 saturated heterocycles. The van der Waals surface area contributed by atoms with Crippen LogP contribution in [0.2, 0.25) is 0 Å². The molecule has 5 rings (SSSR count). The summed E-state index contributed by atoms with van der Waals surface area (Å²) < 4.78 is 12.6. The van der Waals surface area contributed by atoms with E-state index in [-0.39, 0.29) is 11.8 Å².